The Hall–Kier alpha value is -7.40. The van der Waals surface area contributed by atoms with Crippen LogP contribution in [-0.2, 0) is 0 Å². The number of H-pyrrole nitrogens is 2. The average molecular weight is 597 g/mol. The van der Waals surface area contributed by atoms with Gasteiger partial charge in [-0.05, 0) is 48.5 Å². The SMILES string of the molecule is N#Cc1cc2c([nH]c3ccccc32)c(OC(=O)c2ccc(C(=O)Oc3c(C#N)c(C#N)cc4c3[nH]c3ccccc34)cc2)c1C#N. The summed E-state index contributed by atoms with van der Waals surface area (Å²) in [6.07, 6.45) is 0. The molecule has 0 saturated heterocycles. The molecule has 2 aromatic heterocycles. The quantitative estimate of drug-likeness (QED) is 0.163. The molecule has 7 aromatic rings. The summed E-state index contributed by atoms with van der Waals surface area (Å²) >= 11 is 0. The molecule has 46 heavy (non-hydrogen) atoms. The molecule has 0 bridgehead atoms. The summed E-state index contributed by atoms with van der Waals surface area (Å²) in [5, 5.41) is 41.9. The first-order valence-corrected chi connectivity index (χ1v) is 13.7. The Balaban J connectivity index is 1.22. The number of carbonyl (C=O) groups is 2. The molecule has 10 nitrogen and oxygen atoms in total. The number of nitrogens with one attached hydrogen (secondary N) is 2. The van der Waals surface area contributed by atoms with Gasteiger partial charge in [0.1, 0.15) is 35.4 Å². The molecule has 214 valence electrons. The molecular formula is C36H16N6O4. The molecule has 0 saturated carbocycles. The summed E-state index contributed by atoms with van der Waals surface area (Å²) in [7, 11) is 0. The second-order valence-electron chi connectivity index (χ2n) is 10.2. The van der Waals surface area contributed by atoms with Crippen molar-refractivity contribution < 1.29 is 19.1 Å². The number of carbonyl (C=O) groups excluding carboxylic acids is 2. The standard InChI is InChI=1S/C36H16N6O4/c37-15-21-13-25-23-5-1-3-7-29(23)41-31(25)33(27(21)17-39)45-35(43)19-9-11-20(12-10-19)36(44)46-34-28(18-40)22(16-38)14-26-24-6-2-4-8-30(24)42-32(26)34/h1-14,41-42H. The van der Waals surface area contributed by atoms with Gasteiger partial charge in [0.25, 0.3) is 0 Å². The number of aromatic amines is 2. The van der Waals surface area contributed by atoms with E-state index in [1.807, 2.05) is 72.8 Å². The van der Waals surface area contributed by atoms with Crippen LogP contribution in [0.2, 0.25) is 0 Å². The van der Waals surface area contributed by atoms with Crippen molar-refractivity contribution in [1.29, 1.82) is 21.0 Å². The van der Waals surface area contributed by atoms with Crippen LogP contribution in [0.1, 0.15) is 43.0 Å². The molecule has 0 amide bonds. The highest BCUT2D eigenvalue weighted by molar-refractivity contribution is 6.12. The van der Waals surface area contributed by atoms with Gasteiger partial charge in [0.2, 0.25) is 0 Å². The van der Waals surface area contributed by atoms with E-state index in [2.05, 4.69) is 9.97 Å². The van der Waals surface area contributed by atoms with Gasteiger partial charge in [-0.25, -0.2) is 9.59 Å². The van der Waals surface area contributed by atoms with Crippen LogP contribution in [0, 0.1) is 45.3 Å². The van der Waals surface area contributed by atoms with Crippen LogP contribution >= 0.6 is 0 Å². The molecule has 0 aliphatic rings. The maximum atomic E-state index is 13.3. The molecule has 10 heteroatoms. The van der Waals surface area contributed by atoms with Gasteiger partial charge in [0.15, 0.2) is 11.5 Å². The van der Waals surface area contributed by atoms with Crippen molar-refractivity contribution in [3.8, 4) is 35.8 Å². The second kappa shape index (κ2) is 10.7. The van der Waals surface area contributed by atoms with E-state index in [4.69, 9.17) is 9.47 Å². The molecule has 7 rings (SSSR count). The lowest BCUT2D eigenvalue weighted by atomic mass is 10.0. The van der Waals surface area contributed by atoms with Crippen molar-refractivity contribution in [2.24, 2.45) is 0 Å². The smallest absolute Gasteiger partial charge is 0.343 e. The van der Waals surface area contributed by atoms with Crippen molar-refractivity contribution in [2.75, 3.05) is 0 Å². The fourth-order valence-electron chi connectivity index (χ4n) is 5.56. The van der Waals surface area contributed by atoms with Crippen LogP contribution in [0.25, 0.3) is 43.6 Å². The van der Waals surface area contributed by atoms with E-state index in [0.717, 1.165) is 21.8 Å². The van der Waals surface area contributed by atoms with Gasteiger partial charge in [0, 0.05) is 32.6 Å². The topological polar surface area (TPSA) is 179 Å². The molecule has 0 aliphatic heterocycles. The number of nitriles is 4. The van der Waals surface area contributed by atoms with E-state index in [-0.39, 0.29) is 44.9 Å². The lowest BCUT2D eigenvalue weighted by molar-refractivity contribution is 0.0722. The number of rotatable bonds is 4. The fourth-order valence-corrected chi connectivity index (χ4v) is 5.56. The predicted octanol–water partition coefficient (Wildman–Crippen LogP) is 6.88. The zero-order chi connectivity index (χ0) is 31.9. The number of para-hydroxylation sites is 2. The molecule has 2 N–H and O–H groups in total. The molecule has 0 atom stereocenters. The van der Waals surface area contributed by atoms with Gasteiger partial charge < -0.3 is 19.4 Å². The molecular weight excluding hydrogens is 580 g/mol. The minimum atomic E-state index is -0.820. The lowest BCUT2D eigenvalue weighted by Gasteiger charge is -2.10. The molecule has 5 aromatic carbocycles. The molecule has 2 heterocycles. The summed E-state index contributed by atoms with van der Waals surface area (Å²) in [5.41, 5.74) is 2.32. The number of esters is 2. The number of aromatic nitrogens is 2. The van der Waals surface area contributed by atoms with Crippen LogP contribution in [0.3, 0.4) is 0 Å². The fraction of sp³-hybridized carbons (Fsp3) is 0. The number of ether oxygens (including phenoxy) is 2. The zero-order valence-electron chi connectivity index (χ0n) is 23.5. The molecule has 0 unspecified atom stereocenters. The monoisotopic (exact) mass is 596 g/mol. The van der Waals surface area contributed by atoms with Crippen molar-refractivity contribution in [2.45, 2.75) is 0 Å². The molecule has 0 aliphatic carbocycles. The summed E-state index contributed by atoms with van der Waals surface area (Å²) in [4.78, 5) is 32.9. The Morgan fingerprint density at radius 2 is 0.913 bits per heavy atom. The largest absolute Gasteiger partial charge is 0.419 e. The predicted molar refractivity (Wildman–Crippen MR) is 167 cm³/mol. The Bertz CT molecular complexity index is 2440. The Morgan fingerprint density at radius 1 is 0.522 bits per heavy atom. The third kappa shape index (κ3) is 4.24. The first-order valence-electron chi connectivity index (χ1n) is 13.7. The number of nitrogens with zero attached hydrogens (tertiary/aromatic N) is 4. The highest BCUT2D eigenvalue weighted by Crippen LogP contribution is 2.38. The Labute approximate surface area is 259 Å². The number of benzene rings is 5. The lowest BCUT2D eigenvalue weighted by Crippen LogP contribution is -2.13. The van der Waals surface area contributed by atoms with Gasteiger partial charge in [-0.2, -0.15) is 21.0 Å². The summed E-state index contributed by atoms with van der Waals surface area (Å²) in [5.74, 6) is -1.80. The van der Waals surface area contributed by atoms with Crippen LogP contribution in [0.5, 0.6) is 11.5 Å². The highest BCUT2D eigenvalue weighted by Gasteiger charge is 2.24. The average Bonchev–Trinajstić information content (AvgIpc) is 3.66. The zero-order valence-corrected chi connectivity index (χ0v) is 23.5. The van der Waals surface area contributed by atoms with E-state index in [9.17, 15) is 30.6 Å². The highest BCUT2D eigenvalue weighted by atomic mass is 16.5. The van der Waals surface area contributed by atoms with E-state index in [0.29, 0.717) is 21.8 Å². The van der Waals surface area contributed by atoms with Crippen molar-refractivity contribution in [3.05, 3.63) is 118 Å². The normalized spacial score (nSPS) is 10.7. The summed E-state index contributed by atoms with van der Waals surface area (Å²) in [6, 6.07) is 31.2. The minimum Gasteiger partial charge on any atom is -0.419 e. The second-order valence-corrected chi connectivity index (χ2v) is 10.2. The summed E-state index contributed by atoms with van der Waals surface area (Å²) in [6.45, 7) is 0. The number of hydrogen-bond acceptors (Lipinski definition) is 8. The molecule has 0 radical (unpaired) electrons. The van der Waals surface area contributed by atoms with E-state index < -0.39 is 11.9 Å². The first-order chi connectivity index (χ1) is 22.4. The van der Waals surface area contributed by atoms with Gasteiger partial charge in [-0.3, -0.25) is 0 Å². The molecule has 0 spiro atoms. The van der Waals surface area contributed by atoms with Gasteiger partial charge in [-0.1, -0.05) is 36.4 Å². The van der Waals surface area contributed by atoms with E-state index in [1.54, 1.807) is 12.1 Å². The van der Waals surface area contributed by atoms with Crippen LogP contribution in [0.15, 0.2) is 84.9 Å². The van der Waals surface area contributed by atoms with Crippen LogP contribution in [-0.4, -0.2) is 21.9 Å². The minimum absolute atomic E-state index is 0.0573. The van der Waals surface area contributed by atoms with Crippen LogP contribution < -0.4 is 9.47 Å². The van der Waals surface area contributed by atoms with Gasteiger partial charge in [0.05, 0.1) is 33.3 Å². The number of hydrogen-bond donors (Lipinski definition) is 2. The summed E-state index contributed by atoms with van der Waals surface area (Å²) < 4.78 is 11.4. The Morgan fingerprint density at radius 3 is 1.28 bits per heavy atom. The molecule has 0 fully saturated rings. The van der Waals surface area contributed by atoms with Crippen molar-refractivity contribution >= 4 is 55.6 Å². The maximum Gasteiger partial charge on any atom is 0.343 e. The Kier molecular flexibility index (Phi) is 6.38. The first kappa shape index (κ1) is 27.4. The van der Waals surface area contributed by atoms with Crippen molar-refractivity contribution in [1.82, 2.24) is 9.97 Å². The van der Waals surface area contributed by atoms with Crippen molar-refractivity contribution in [3.63, 3.8) is 0 Å². The van der Waals surface area contributed by atoms with Gasteiger partial charge >= 0.3 is 11.9 Å². The van der Waals surface area contributed by atoms with E-state index >= 15 is 0 Å². The van der Waals surface area contributed by atoms with E-state index in [1.165, 1.54) is 24.3 Å². The number of fused-ring (bicyclic) bond motifs is 6. The van der Waals surface area contributed by atoms with Gasteiger partial charge in [-0.15, -0.1) is 0 Å². The van der Waals surface area contributed by atoms with Crippen LogP contribution in [0.4, 0.5) is 0 Å². The third-order valence-electron chi connectivity index (χ3n) is 7.73. The maximum absolute atomic E-state index is 13.3. The third-order valence-corrected chi connectivity index (χ3v) is 7.73.